The largest absolute Gasteiger partial charge is 0.351 e. The summed E-state index contributed by atoms with van der Waals surface area (Å²) in [5, 5.41) is 2.66. The minimum atomic E-state index is -3.21. The van der Waals surface area contributed by atoms with Gasteiger partial charge in [-0.2, -0.15) is 0 Å². The van der Waals surface area contributed by atoms with Crippen molar-refractivity contribution in [1.82, 2.24) is 10.0 Å². The number of sulfonamides is 1. The maximum Gasteiger partial charge on any atom is 0.244 e. The van der Waals surface area contributed by atoms with Crippen molar-refractivity contribution in [3.8, 4) is 0 Å². The third kappa shape index (κ3) is 6.10. The zero-order chi connectivity index (χ0) is 15.9. The van der Waals surface area contributed by atoms with Crippen LogP contribution < -0.4 is 10.0 Å². The minimum Gasteiger partial charge on any atom is -0.351 e. The lowest BCUT2D eigenvalue weighted by Crippen LogP contribution is -2.34. The Morgan fingerprint density at radius 3 is 2.52 bits per heavy atom. The second kappa shape index (κ2) is 7.95. The first-order chi connectivity index (χ1) is 9.85. The molecule has 116 valence electrons. The van der Waals surface area contributed by atoms with Gasteiger partial charge < -0.3 is 5.32 Å². The van der Waals surface area contributed by atoms with Gasteiger partial charge in [-0.1, -0.05) is 24.3 Å². The molecule has 0 saturated heterocycles. The molecule has 1 amide bonds. The van der Waals surface area contributed by atoms with Gasteiger partial charge in [-0.25, -0.2) is 13.1 Å². The molecule has 0 heterocycles. The topological polar surface area (TPSA) is 75.3 Å². The van der Waals surface area contributed by atoms with Crippen molar-refractivity contribution in [3.05, 3.63) is 41.5 Å². The van der Waals surface area contributed by atoms with Crippen molar-refractivity contribution < 1.29 is 13.2 Å². The molecule has 0 saturated carbocycles. The average Bonchev–Trinajstić information content (AvgIpc) is 2.44. The summed E-state index contributed by atoms with van der Waals surface area (Å²) in [6.45, 7) is 5.88. The Kier molecular flexibility index (Phi) is 6.58. The van der Waals surface area contributed by atoms with E-state index in [1.54, 1.807) is 6.92 Å². The fourth-order valence-electron chi connectivity index (χ4n) is 1.84. The van der Waals surface area contributed by atoms with E-state index in [-0.39, 0.29) is 24.7 Å². The van der Waals surface area contributed by atoms with Crippen molar-refractivity contribution in [2.45, 2.75) is 20.8 Å². The number of aryl methyl sites for hydroxylation is 1. The molecule has 5 nitrogen and oxygen atoms in total. The van der Waals surface area contributed by atoms with Crippen LogP contribution in [0.3, 0.4) is 0 Å². The summed E-state index contributed by atoms with van der Waals surface area (Å²) in [4.78, 5) is 11.8. The summed E-state index contributed by atoms with van der Waals surface area (Å²) in [6, 6.07) is 7.83. The first-order valence-electron chi connectivity index (χ1n) is 6.85. The number of hydrogen-bond donors (Lipinski definition) is 2. The fourth-order valence-corrected chi connectivity index (χ4v) is 2.45. The molecule has 0 aliphatic heterocycles. The van der Waals surface area contributed by atoms with Gasteiger partial charge >= 0.3 is 0 Å². The number of allylic oxidation sites excluding steroid dienone is 1. The third-order valence-corrected chi connectivity index (χ3v) is 4.45. The van der Waals surface area contributed by atoms with Gasteiger partial charge in [0, 0.05) is 19.2 Å². The standard InChI is InChI=1S/C15H22N2O3S/c1-4-21(19,20)17-10-9-16-15(18)11-13(3)14-8-6-5-7-12(14)2/h5-8,11,17H,4,9-10H2,1-3H3,(H,16,18). The highest BCUT2D eigenvalue weighted by Gasteiger charge is 2.06. The summed E-state index contributed by atoms with van der Waals surface area (Å²) < 4.78 is 24.8. The Bertz CT molecular complexity index is 622. The van der Waals surface area contributed by atoms with Gasteiger partial charge in [-0.3, -0.25) is 4.79 Å². The average molecular weight is 310 g/mol. The van der Waals surface area contributed by atoms with Crippen LogP contribution >= 0.6 is 0 Å². The van der Waals surface area contributed by atoms with Gasteiger partial charge in [-0.15, -0.1) is 0 Å². The third-order valence-electron chi connectivity index (χ3n) is 3.04. The number of hydrogen-bond acceptors (Lipinski definition) is 3. The highest BCUT2D eigenvalue weighted by Crippen LogP contribution is 2.17. The minimum absolute atomic E-state index is 0.0350. The number of carbonyl (C=O) groups excluding carboxylic acids is 1. The second-order valence-corrected chi connectivity index (χ2v) is 6.83. The van der Waals surface area contributed by atoms with E-state index in [9.17, 15) is 13.2 Å². The summed E-state index contributed by atoms with van der Waals surface area (Å²) in [5.41, 5.74) is 3.01. The highest BCUT2D eigenvalue weighted by atomic mass is 32.2. The molecular weight excluding hydrogens is 288 g/mol. The molecule has 0 atom stereocenters. The lowest BCUT2D eigenvalue weighted by Gasteiger charge is -2.07. The normalized spacial score (nSPS) is 12.2. The van der Waals surface area contributed by atoms with Crippen LogP contribution in [0, 0.1) is 6.92 Å². The van der Waals surface area contributed by atoms with E-state index in [0.29, 0.717) is 0 Å². The maximum absolute atomic E-state index is 11.8. The van der Waals surface area contributed by atoms with E-state index in [0.717, 1.165) is 16.7 Å². The Morgan fingerprint density at radius 2 is 1.90 bits per heavy atom. The number of benzene rings is 1. The monoisotopic (exact) mass is 310 g/mol. The smallest absolute Gasteiger partial charge is 0.244 e. The van der Waals surface area contributed by atoms with Gasteiger partial charge in [0.2, 0.25) is 15.9 Å². The lowest BCUT2D eigenvalue weighted by molar-refractivity contribution is -0.116. The molecule has 0 spiro atoms. The molecule has 6 heteroatoms. The van der Waals surface area contributed by atoms with Gasteiger partial charge in [0.1, 0.15) is 0 Å². The molecule has 0 unspecified atom stereocenters. The molecule has 0 fully saturated rings. The zero-order valence-corrected chi connectivity index (χ0v) is 13.5. The van der Waals surface area contributed by atoms with Gasteiger partial charge in [-0.05, 0) is 37.5 Å². The van der Waals surface area contributed by atoms with Crippen molar-refractivity contribution in [2.24, 2.45) is 0 Å². The highest BCUT2D eigenvalue weighted by molar-refractivity contribution is 7.89. The Labute approximate surface area is 126 Å². The molecule has 21 heavy (non-hydrogen) atoms. The van der Waals surface area contributed by atoms with E-state index in [1.807, 2.05) is 38.1 Å². The predicted molar refractivity (Wildman–Crippen MR) is 85.3 cm³/mol. The summed E-state index contributed by atoms with van der Waals surface area (Å²) in [6.07, 6.45) is 1.52. The van der Waals surface area contributed by atoms with Gasteiger partial charge in [0.25, 0.3) is 0 Å². The van der Waals surface area contributed by atoms with Crippen LogP contribution in [0.1, 0.15) is 25.0 Å². The van der Waals surface area contributed by atoms with Crippen LogP contribution in [0.2, 0.25) is 0 Å². The summed E-state index contributed by atoms with van der Waals surface area (Å²) in [7, 11) is -3.21. The van der Waals surface area contributed by atoms with Crippen LogP contribution in [-0.4, -0.2) is 33.2 Å². The molecule has 2 N–H and O–H groups in total. The van der Waals surface area contributed by atoms with E-state index >= 15 is 0 Å². The Hall–Kier alpha value is -1.66. The lowest BCUT2D eigenvalue weighted by atomic mass is 10.0. The predicted octanol–water partition coefficient (Wildman–Crippen LogP) is 1.45. The van der Waals surface area contributed by atoms with Crippen molar-refractivity contribution >= 4 is 21.5 Å². The van der Waals surface area contributed by atoms with Crippen molar-refractivity contribution in [3.63, 3.8) is 0 Å². The van der Waals surface area contributed by atoms with Gasteiger partial charge in [0.15, 0.2) is 0 Å². The van der Waals surface area contributed by atoms with Crippen LogP contribution in [0.25, 0.3) is 5.57 Å². The number of amides is 1. The number of rotatable bonds is 7. The van der Waals surface area contributed by atoms with Crippen LogP contribution in [0.5, 0.6) is 0 Å². The van der Waals surface area contributed by atoms with Crippen LogP contribution in [-0.2, 0) is 14.8 Å². The van der Waals surface area contributed by atoms with Crippen LogP contribution in [0.4, 0.5) is 0 Å². The maximum atomic E-state index is 11.8. The molecule has 1 rings (SSSR count). The molecule has 1 aromatic rings. The molecule has 1 aromatic carbocycles. The van der Waals surface area contributed by atoms with Crippen LogP contribution in [0.15, 0.2) is 30.3 Å². The molecule has 0 aliphatic rings. The zero-order valence-electron chi connectivity index (χ0n) is 12.6. The van der Waals surface area contributed by atoms with Gasteiger partial charge in [0.05, 0.1) is 5.75 Å². The number of nitrogens with one attached hydrogen (secondary N) is 2. The summed E-state index contributed by atoms with van der Waals surface area (Å²) in [5.74, 6) is -0.195. The quantitative estimate of drug-likeness (QED) is 0.591. The Balaban J connectivity index is 2.50. The van der Waals surface area contributed by atoms with E-state index < -0.39 is 10.0 Å². The van der Waals surface area contributed by atoms with Crippen molar-refractivity contribution in [1.29, 1.82) is 0 Å². The van der Waals surface area contributed by atoms with E-state index in [4.69, 9.17) is 0 Å². The molecule has 0 aliphatic carbocycles. The fraction of sp³-hybridized carbons (Fsp3) is 0.400. The first kappa shape index (κ1) is 17.4. The van der Waals surface area contributed by atoms with E-state index in [2.05, 4.69) is 10.0 Å². The van der Waals surface area contributed by atoms with E-state index in [1.165, 1.54) is 6.08 Å². The molecule has 0 bridgehead atoms. The first-order valence-corrected chi connectivity index (χ1v) is 8.50. The van der Waals surface area contributed by atoms with Crippen molar-refractivity contribution in [2.75, 3.05) is 18.8 Å². The summed E-state index contributed by atoms with van der Waals surface area (Å²) >= 11 is 0. The number of carbonyl (C=O) groups is 1. The Morgan fingerprint density at radius 1 is 1.24 bits per heavy atom. The molecular formula is C15H22N2O3S. The molecule has 0 aromatic heterocycles. The SMILES string of the molecule is CCS(=O)(=O)NCCNC(=O)C=C(C)c1ccccc1C. The molecule has 0 radical (unpaired) electrons. The second-order valence-electron chi connectivity index (χ2n) is 4.73.